The van der Waals surface area contributed by atoms with Crippen LogP contribution in [0.3, 0.4) is 0 Å². The monoisotopic (exact) mass is 338 g/mol. The number of aromatic hydroxyl groups is 1. The molecule has 25 heavy (non-hydrogen) atoms. The van der Waals surface area contributed by atoms with Crippen molar-refractivity contribution >= 4 is 23.3 Å². The van der Waals surface area contributed by atoms with Gasteiger partial charge >= 0.3 is 5.97 Å². The summed E-state index contributed by atoms with van der Waals surface area (Å²) in [5.74, 6) is -0.813. The van der Waals surface area contributed by atoms with Crippen molar-refractivity contribution in [2.75, 3.05) is 5.12 Å². The number of para-hydroxylation sites is 1. The summed E-state index contributed by atoms with van der Waals surface area (Å²) in [5, 5.41) is 22.2. The van der Waals surface area contributed by atoms with Crippen LogP contribution in [0.2, 0.25) is 0 Å². The van der Waals surface area contributed by atoms with Gasteiger partial charge in [-0.05, 0) is 30.3 Å². The number of aliphatic imine (C=N–C) groups is 1. The molecule has 0 saturated heterocycles. The molecule has 0 spiro atoms. The van der Waals surface area contributed by atoms with E-state index in [1.54, 1.807) is 16.3 Å². The summed E-state index contributed by atoms with van der Waals surface area (Å²) in [6.07, 6.45) is 0. The summed E-state index contributed by atoms with van der Waals surface area (Å²) in [7, 11) is 0. The molecule has 0 aliphatic carbocycles. The number of guanidine groups is 1. The number of nitrogens with zero attached hydrogens (tertiary/aromatic N) is 3. The van der Waals surface area contributed by atoms with Crippen molar-refractivity contribution in [3.63, 3.8) is 0 Å². The Labute approximate surface area is 142 Å². The van der Waals surface area contributed by atoms with Gasteiger partial charge in [-0.3, -0.25) is 5.43 Å². The van der Waals surface area contributed by atoms with Crippen LogP contribution in [-0.4, -0.2) is 27.3 Å². The number of benzene rings is 2. The van der Waals surface area contributed by atoms with E-state index >= 15 is 0 Å². The Bertz CT molecular complexity index is 925. The largest absolute Gasteiger partial charge is 0.507 e. The van der Waals surface area contributed by atoms with Gasteiger partial charge in [0, 0.05) is 5.56 Å². The van der Waals surface area contributed by atoms with E-state index in [1.807, 2.05) is 30.3 Å². The molecule has 9 heteroatoms. The van der Waals surface area contributed by atoms with E-state index < -0.39 is 5.97 Å². The summed E-state index contributed by atoms with van der Waals surface area (Å²) in [5.41, 5.74) is 13.6. The molecule has 2 heterocycles. The number of phenols is 1. The number of aromatic carboxylic acids is 1. The quantitative estimate of drug-likeness (QED) is 0.556. The highest BCUT2D eigenvalue weighted by Gasteiger charge is 2.35. The number of hydrazine groups is 3. The normalized spacial score (nSPS) is 15.6. The Balaban J connectivity index is 1.79. The van der Waals surface area contributed by atoms with E-state index in [0.717, 1.165) is 5.69 Å². The molecule has 0 aromatic heterocycles. The number of hydrogen-bond donors (Lipinski definition) is 5. The fourth-order valence-electron chi connectivity index (χ4n) is 2.67. The topological polar surface area (TPSA) is 126 Å². The molecule has 2 aliphatic heterocycles. The zero-order valence-corrected chi connectivity index (χ0v) is 12.8. The SMILES string of the molecule is NC1=NC2=C(c3ccc(O)c(C(=O)O)c3)NN(c3ccccc3)N2N1. The minimum absolute atomic E-state index is 0.194. The van der Waals surface area contributed by atoms with Gasteiger partial charge in [0.25, 0.3) is 0 Å². The Kier molecular flexibility index (Phi) is 3.14. The maximum absolute atomic E-state index is 11.3. The zero-order valence-electron chi connectivity index (χ0n) is 12.8. The van der Waals surface area contributed by atoms with Crippen LogP contribution in [0.5, 0.6) is 5.75 Å². The molecule has 0 atom stereocenters. The van der Waals surface area contributed by atoms with E-state index in [1.165, 1.54) is 12.1 Å². The first-order valence-corrected chi connectivity index (χ1v) is 7.38. The van der Waals surface area contributed by atoms with Gasteiger partial charge in [0.15, 0.2) is 0 Å². The van der Waals surface area contributed by atoms with Gasteiger partial charge in [0.05, 0.1) is 5.69 Å². The van der Waals surface area contributed by atoms with Crippen LogP contribution in [0, 0.1) is 0 Å². The number of fused-ring (bicyclic) bond motifs is 1. The molecule has 2 aromatic rings. The van der Waals surface area contributed by atoms with Crippen molar-refractivity contribution in [1.82, 2.24) is 16.0 Å². The Morgan fingerprint density at radius 2 is 1.84 bits per heavy atom. The number of carboxylic acids is 1. The van der Waals surface area contributed by atoms with E-state index in [0.29, 0.717) is 17.1 Å². The van der Waals surface area contributed by atoms with Gasteiger partial charge in [-0.15, -0.1) is 0 Å². The summed E-state index contributed by atoms with van der Waals surface area (Å²) in [6, 6.07) is 13.8. The molecular weight excluding hydrogens is 324 g/mol. The highest BCUT2D eigenvalue weighted by molar-refractivity contribution is 5.92. The molecule has 0 fully saturated rings. The number of nitrogens with one attached hydrogen (secondary N) is 2. The third-order valence-electron chi connectivity index (χ3n) is 3.81. The first kappa shape index (κ1) is 14.7. The van der Waals surface area contributed by atoms with Crippen LogP contribution in [0.15, 0.2) is 59.3 Å². The van der Waals surface area contributed by atoms with Gasteiger partial charge in [-0.1, -0.05) is 18.2 Å². The summed E-state index contributed by atoms with van der Waals surface area (Å²) in [6.45, 7) is 0. The molecule has 2 aliphatic rings. The van der Waals surface area contributed by atoms with E-state index in [-0.39, 0.29) is 17.3 Å². The average molecular weight is 338 g/mol. The number of rotatable bonds is 3. The van der Waals surface area contributed by atoms with Crippen LogP contribution >= 0.6 is 0 Å². The highest BCUT2D eigenvalue weighted by atomic mass is 16.4. The Morgan fingerprint density at radius 3 is 2.56 bits per heavy atom. The third kappa shape index (κ3) is 2.34. The van der Waals surface area contributed by atoms with Gasteiger partial charge < -0.3 is 15.9 Å². The lowest BCUT2D eigenvalue weighted by Crippen LogP contribution is -2.51. The lowest BCUT2D eigenvalue weighted by Gasteiger charge is -2.28. The fraction of sp³-hybridized carbons (Fsp3) is 0. The van der Waals surface area contributed by atoms with Gasteiger partial charge in [-0.2, -0.15) is 15.2 Å². The maximum atomic E-state index is 11.3. The van der Waals surface area contributed by atoms with Crippen molar-refractivity contribution in [2.45, 2.75) is 0 Å². The van der Waals surface area contributed by atoms with Crippen LogP contribution in [0.1, 0.15) is 15.9 Å². The number of carbonyl (C=O) groups is 1. The highest BCUT2D eigenvalue weighted by Crippen LogP contribution is 2.33. The van der Waals surface area contributed by atoms with Crippen molar-refractivity contribution in [3.8, 4) is 5.75 Å². The van der Waals surface area contributed by atoms with E-state index in [9.17, 15) is 15.0 Å². The second-order valence-electron chi connectivity index (χ2n) is 5.42. The summed E-state index contributed by atoms with van der Waals surface area (Å²) < 4.78 is 0. The molecule has 0 unspecified atom stereocenters. The molecule has 4 rings (SSSR count). The van der Waals surface area contributed by atoms with Crippen molar-refractivity contribution in [3.05, 3.63) is 65.5 Å². The van der Waals surface area contributed by atoms with Crippen LogP contribution < -0.4 is 21.7 Å². The number of anilines is 1. The molecule has 9 nitrogen and oxygen atoms in total. The van der Waals surface area contributed by atoms with E-state index in [2.05, 4.69) is 15.8 Å². The second kappa shape index (κ2) is 5.34. The first-order chi connectivity index (χ1) is 12.0. The molecule has 126 valence electrons. The minimum Gasteiger partial charge on any atom is -0.507 e. The predicted molar refractivity (Wildman–Crippen MR) is 90.6 cm³/mol. The molecule has 0 saturated carbocycles. The Hall–Kier alpha value is -3.88. The summed E-state index contributed by atoms with van der Waals surface area (Å²) >= 11 is 0. The lowest BCUT2D eigenvalue weighted by atomic mass is 10.1. The smallest absolute Gasteiger partial charge is 0.339 e. The lowest BCUT2D eigenvalue weighted by molar-refractivity contribution is 0.0693. The van der Waals surface area contributed by atoms with E-state index in [4.69, 9.17) is 5.73 Å². The Morgan fingerprint density at radius 1 is 1.08 bits per heavy atom. The number of hydrogen-bond acceptors (Lipinski definition) is 8. The second-order valence-corrected chi connectivity index (χ2v) is 5.42. The summed E-state index contributed by atoms with van der Waals surface area (Å²) in [4.78, 5) is 15.5. The van der Waals surface area contributed by atoms with Gasteiger partial charge in [0.2, 0.25) is 11.8 Å². The number of nitrogens with two attached hydrogens (primary N) is 1. The molecule has 2 aromatic carbocycles. The van der Waals surface area contributed by atoms with Gasteiger partial charge in [-0.25, -0.2) is 10.2 Å². The molecule has 0 bridgehead atoms. The third-order valence-corrected chi connectivity index (χ3v) is 3.81. The van der Waals surface area contributed by atoms with Crippen LogP contribution in [-0.2, 0) is 0 Å². The number of carboxylic acid groups (broad SMARTS) is 1. The fourth-order valence-corrected chi connectivity index (χ4v) is 2.67. The van der Waals surface area contributed by atoms with Crippen molar-refractivity contribution in [2.24, 2.45) is 10.7 Å². The molecule has 0 amide bonds. The standard InChI is InChI=1S/C16H14N6O3/c17-16-18-14-13(9-6-7-12(23)11(8-9)15(24)25)19-21(22(14)20-16)10-4-2-1-3-5-10/h1-8,19,23H,(H,24,25)(H3,17,18,20). The van der Waals surface area contributed by atoms with Crippen LogP contribution in [0.4, 0.5) is 5.69 Å². The van der Waals surface area contributed by atoms with Crippen molar-refractivity contribution < 1.29 is 15.0 Å². The van der Waals surface area contributed by atoms with Gasteiger partial charge in [0.1, 0.15) is 17.0 Å². The average Bonchev–Trinajstić information content (AvgIpc) is 3.13. The molecule has 0 radical (unpaired) electrons. The maximum Gasteiger partial charge on any atom is 0.339 e. The minimum atomic E-state index is -1.22. The molecular formula is C16H14N6O3. The van der Waals surface area contributed by atoms with Crippen LogP contribution in [0.25, 0.3) is 5.70 Å². The predicted octanol–water partition coefficient (Wildman–Crippen LogP) is 0.791. The van der Waals surface area contributed by atoms with Crippen molar-refractivity contribution in [1.29, 1.82) is 0 Å². The zero-order chi connectivity index (χ0) is 17.6. The molecule has 6 N–H and O–H groups in total. The first-order valence-electron chi connectivity index (χ1n) is 7.38.